The molecule has 35 heavy (non-hydrogen) atoms. The van der Waals surface area contributed by atoms with Crippen LogP contribution in [-0.2, 0) is 12.7 Å². The first-order chi connectivity index (χ1) is 16.3. The van der Waals surface area contributed by atoms with Crippen LogP contribution in [0.1, 0.15) is 71.9 Å². The van der Waals surface area contributed by atoms with Gasteiger partial charge in [-0.05, 0) is 83.7 Å². The highest BCUT2D eigenvalue weighted by Crippen LogP contribution is 2.37. The van der Waals surface area contributed by atoms with Crippen LogP contribution in [0, 0.1) is 20.8 Å². The van der Waals surface area contributed by atoms with Gasteiger partial charge in [-0.2, -0.15) is 13.2 Å². The monoisotopic (exact) mass is 492 g/mol. The maximum atomic E-state index is 13.9. The van der Waals surface area contributed by atoms with Crippen LogP contribution in [0.25, 0.3) is 0 Å². The largest absolute Gasteiger partial charge is 0.416 e. The molecule has 1 fully saturated rings. The zero-order valence-corrected chi connectivity index (χ0v) is 21.2. The predicted octanol–water partition coefficient (Wildman–Crippen LogP) is 4.60. The lowest BCUT2D eigenvalue weighted by atomic mass is 9.92. The summed E-state index contributed by atoms with van der Waals surface area (Å²) in [7, 11) is 0. The van der Waals surface area contributed by atoms with Crippen molar-refractivity contribution in [1.82, 2.24) is 15.6 Å². The lowest BCUT2D eigenvalue weighted by Gasteiger charge is -2.41. The minimum absolute atomic E-state index is 0.0375. The third-order valence-corrected chi connectivity index (χ3v) is 6.78. The van der Waals surface area contributed by atoms with E-state index >= 15 is 0 Å². The second kappa shape index (κ2) is 10.4. The Morgan fingerprint density at radius 3 is 2.29 bits per heavy atom. The van der Waals surface area contributed by atoms with Crippen molar-refractivity contribution < 1.29 is 18.0 Å². The summed E-state index contributed by atoms with van der Waals surface area (Å²) in [5.41, 5.74) is 1.47. The fraction of sp³-hybridized carbons (Fsp3) is 0.538. The van der Waals surface area contributed by atoms with Crippen LogP contribution in [0.2, 0.25) is 0 Å². The van der Waals surface area contributed by atoms with Crippen molar-refractivity contribution in [3.63, 3.8) is 0 Å². The van der Waals surface area contributed by atoms with E-state index in [2.05, 4.69) is 29.5 Å². The smallest absolute Gasteiger partial charge is 0.368 e. The number of H-pyrrole nitrogens is 1. The van der Waals surface area contributed by atoms with Crippen LogP contribution in [0.15, 0.2) is 23.0 Å². The molecular formula is C26H35F3N4O2. The van der Waals surface area contributed by atoms with Gasteiger partial charge in [0.25, 0.3) is 11.5 Å². The molecule has 1 aliphatic rings. The second-order valence-electron chi connectivity index (χ2n) is 9.67. The van der Waals surface area contributed by atoms with Crippen molar-refractivity contribution in [3.8, 4) is 0 Å². The number of piperidine rings is 1. The molecule has 2 heterocycles. The lowest BCUT2D eigenvalue weighted by Crippen LogP contribution is -2.51. The summed E-state index contributed by atoms with van der Waals surface area (Å²) in [5.74, 6) is -0.641. The van der Waals surface area contributed by atoms with E-state index in [0.29, 0.717) is 34.6 Å². The zero-order chi connectivity index (χ0) is 26.1. The highest BCUT2D eigenvalue weighted by molar-refractivity contribution is 5.97. The first kappa shape index (κ1) is 26.8. The molecule has 6 nitrogen and oxygen atoms in total. The quantitative estimate of drug-likeness (QED) is 0.551. The molecule has 0 spiro atoms. The molecule has 9 heteroatoms. The van der Waals surface area contributed by atoms with E-state index in [0.717, 1.165) is 25.0 Å². The number of nitrogens with one attached hydrogen (secondary N) is 3. The topological polar surface area (TPSA) is 77.2 Å². The van der Waals surface area contributed by atoms with Gasteiger partial charge >= 0.3 is 6.18 Å². The van der Waals surface area contributed by atoms with E-state index in [1.807, 2.05) is 11.8 Å². The number of anilines is 1. The average Bonchev–Trinajstić information content (AvgIpc) is 2.73. The van der Waals surface area contributed by atoms with Crippen LogP contribution in [0.3, 0.4) is 0 Å². The molecule has 2 atom stereocenters. The van der Waals surface area contributed by atoms with Crippen molar-refractivity contribution in [2.24, 2.45) is 0 Å². The summed E-state index contributed by atoms with van der Waals surface area (Å²) in [6.07, 6.45) is -3.01. The number of nitrogens with zero attached hydrogens (tertiary/aromatic N) is 1. The first-order valence-corrected chi connectivity index (χ1v) is 12.0. The van der Waals surface area contributed by atoms with Crippen molar-refractivity contribution >= 4 is 11.6 Å². The lowest BCUT2D eigenvalue weighted by molar-refractivity contribution is -0.137. The average molecular weight is 493 g/mol. The van der Waals surface area contributed by atoms with Crippen molar-refractivity contribution in [2.45, 2.75) is 85.2 Å². The molecule has 1 aromatic carbocycles. The van der Waals surface area contributed by atoms with Crippen molar-refractivity contribution in [1.29, 1.82) is 0 Å². The molecule has 1 amide bonds. The Morgan fingerprint density at radius 1 is 1.11 bits per heavy atom. The fourth-order valence-corrected chi connectivity index (χ4v) is 5.18. The molecule has 0 aliphatic carbocycles. The number of carbonyl (C=O) groups is 1. The van der Waals surface area contributed by atoms with Crippen LogP contribution in [-0.4, -0.2) is 35.6 Å². The number of benzene rings is 1. The van der Waals surface area contributed by atoms with Crippen molar-refractivity contribution in [3.05, 3.63) is 62.1 Å². The van der Waals surface area contributed by atoms with E-state index in [4.69, 9.17) is 0 Å². The molecule has 192 valence electrons. The summed E-state index contributed by atoms with van der Waals surface area (Å²) in [6, 6.07) is 4.38. The van der Waals surface area contributed by atoms with E-state index in [1.54, 1.807) is 26.8 Å². The van der Waals surface area contributed by atoms with Gasteiger partial charge in [-0.1, -0.05) is 0 Å². The van der Waals surface area contributed by atoms with Crippen molar-refractivity contribution in [2.75, 3.05) is 11.4 Å². The van der Waals surface area contributed by atoms with Crippen LogP contribution >= 0.6 is 0 Å². The number of pyridine rings is 1. The summed E-state index contributed by atoms with van der Waals surface area (Å²) >= 11 is 0. The second-order valence-corrected chi connectivity index (χ2v) is 9.67. The summed E-state index contributed by atoms with van der Waals surface area (Å²) < 4.78 is 41.6. The van der Waals surface area contributed by atoms with Gasteiger partial charge in [0, 0.05) is 53.7 Å². The first-order valence-electron chi connectivity index (χ1n) is 12.0. The number of amides is 1. The normalized spacial score (nSPS) is 20.5. The van der Waals surface area contributed by atoms with Crippen LogP contribution < -0.4 is 21.1 Å². The number of alkyl halides is 3. The highest BCUT2D eigenvalue weighted by Gasteiger charge is 2.35. The SMILES string of the molecule is CCN(c1cc(C(F)(F)F)cc(C(=O)NCc2c(C)cc(C)[nH]c2=O)c1C)C1C[C@@H](C)N[C@H](C)C1. The van der Waals surface area contributed by atoms with E-state index in [-0.39, 0.29) is 35.8 Å². The number of aromatic amines is 1. The maximum absolute atomic E-state index is 13.9. The molecule has 3 rings (SSSR count). The third kappa shape index (κ3) is 6.07. The summed E-state index contributed by atoms with van der Waals surface area (Å²) in [5, 5.41) is 6.12. The van der Waals surface area contributed by atoms with Gasteiger partial charge < -0.3 is 20.5 Å². The Hall–Kier alpha value is -2.81. The molecule has 3 N–H and O–H groups in total. The van der Waals surface area contributed by atoms with E-state index in [1.165, 1.54) is 0 Å². The fourth-order valence-electron chi connectivity index (χ4n) is 5.18. The van der Waals surface area contributed by atoms with Gasteiger partial charge in [-0.15, -0.1) is 0 Å². The molecular weight excluding hydrogens is 457 g/mol. The molecule has 1 aliphatic heterocycles. The van der Waals surface area contributed by atoms with E-state index in [9.17, 15) is 22.8 Å². The Morgan fingerprint density at radius 2 is 1.74 bits per heavy atom. The predicted molar refractivity (Wildman–Crippen MR) is 132 cm³/mol. The number of hydrogen-bond acceptors (Lipinski definition) is 4. The standard InChI is InChI=1S/C26H35F3N4O2/c1-7-33(20-9-16(4)31-17(5)10-20)23-12-19(26(27,28)29)11-21(18(23)6)24(34)30-13-22-14(2)8-15(3)32-25(22)35/h8,11-12,16-17,20,31H,7,9-10,13H2,1-6H3,(H,30,34)(H,32,35)/t16-,17-/m1/s1. The number of aromatic nitrogens is 1. The summed E-state index contributed by atoms with van der Waals surface area (Å²) in [4.78, 5) is 30.1. The highest BCUT2D eigenvalue weighted by atomic mass is 19.4. The Balaban J connectivity index is 1.99. The van der Waals surface area contributed by atoms with Gasteiger partial charge in [0.15, 0.2) is 0 Å². The Bertz CT molecular complexity index is 1130. The molecule has 2 aromatic rings. The Kier molecular flexibility index (Phi) is 7.99. The van der Waals surface area contributed by atoms with Gasteiger partial charge in [0.05, 0.1) is 5.56 Å². The number of hydrogen-bond donors (Lipinski definition) is 3. The number of carbonyl (C=O) groups excluding carboxylic acids is 1. The number of rotatable bonds is 6. The maximum Gasteiger partial charge on any atom is 0.416 e. The van der Waals surface area contributed by atoms with Gasteiger partial charge in [-0.25, -0.2) is 0 Å². The van der Waals surface area contributed by atoms with Gasteiger partial charge in [-0.3, -0.25) is 9.59 Å². The molecule has 0 bridgehead atoms. The zero-order valence-electron chi connectivity index (χ0n) is 21.2. The molecule has 0 saturated carbocycles. The van der Waals surface area contributed by atoms with Crippen LogP contribution in [0.4, 0.5) is 18.9 Å². The number of aryl methyl sites for hydroxylation is 2. The van der Waals surface area contributed by atoms with E-state index < -0.39 is 17.6 Å². The third-order valence-electron chi connectivity index (χ3n) is 6.78. The minimum atomic E-state index is -4.60. The van der Waals surface area contributed by atoms with Gasteiger partial charge in [0.2, 0.25) is 0 Å². The molecule has 1 aromatic heterocycles. The summed E-state index contributed by atoms with van der Waals surface area (Å²) in [6.45, 7) is 11.7. The minimum Gasteiger partial charge on any atom is -0.368 e. The molecule has 1 saturated heterocycles. The van der Waals surface area contributed by atoms with Gasteiger partial charge in [0.1, 0.15) is 0 Å². The Labute approximate surface area is 204 Å². The molecule has 0 radical (unpaired) electrons. The number of halogens is 3. The molecule has 0 unspecified atom stereocenters. The van der Waals surface area contributed by atoms with Crippen LogP contribution in [0.5, 0.6) is 0 Å².